The van der Waals surface area contributed by atoms with Crippen molar-refractivity contribution in [3.05, 3.63) is 30.1 Å². The summed E-state index contributed by atoms with van der Waals surface area (Å²) in [7, 11) is 0. The lowest BCUT2D eigenvalue weighted by molar-refractivity contribution is 0.102. The fraction of sp³-hybridized carbons (Fsp3) is 0.583. The van der Waals surface area contributed by atoms with Gasteiger partial charge < -0.3 is 5.11 Å². The van der Waals surface area contributed by atoms with Crippen molar-refractivity contribution >= 4 is 0 Å². The highest BCUT2D eigenvalue weighted by atomic mass is 16.3. The number of allylic oxidation sites excluding steroid dienone is 2. The molecule has 3 heteroatoms. The number of rotatable bonds is 3. The van der Waals surface area contributed by atoms with Crippen LogP contribution in [-0.2, 0) is 6.54 Å². The van der Waals surface area contributed by atoms with Crippen molar-refractivity contribution in [2.75, 3.05) is 0 Å². The summed E-state index contributed by atoms with van der Waals surface area (Å²) in [5.41, 5.74) is 0.956. The molecule has 0 saturated heterocycles. The standard InChI is InChI=1S/C12H18N2O/c1-2-14-9-11(8-13-14)12(15)10-6-4-3-5-7-10/h3-4,8-10,12,15H,2,5-7H2,1H3. The van der Waals surface area contributed by atoms with E-state index in [1.54, 1.807) is 6.20 Å². The summed E-state index contributed by atoms with van der Waals surface area (Å²) in [6.45, 7) is 2.91. The minimum Gasteiger partial charge on any atom is -0.388 e. The highest BCUT2D eigenvalue weighted by Gasteiger charge is 2.22. The largest absolute Gasteiger partial charge is 0.388 e. The number of hydrogen-bond donors (Lipinski definition) is 1. The van der Waals surface area contributed by atoms with Gasteiger partial charge in [-0.3, -0.25) is 4.68 Å². The maximum absolute atomic E-state index is 10.2. The first kappa shape index (κ1) is 10.4. The van der Waals surface area contributed by atoms with Gasteiger partial charge in [0, 0.05) is 18.3 Å². The number of aromatic nitrogens is 2. The van der Waals surface area contributed by atoms with Crippen molar-refractivity contribution in [2.45, 2.75) is 38.8 Å². The van der Waals surface area contributed by atoms with E-state index in [1.807, 2.05) is 17.8 Å². The van der Waals surface area contributed by atoms with Crippen LogP contribution in [0.4, 0.5) is 0 Å². The normalized spacial score (nSPS) is 22.9. The van der Waals surface area contributed by atoms with Gasteiger partial charge >= 0.3 is 0 Å². The monoisotopic (exact) mass is 206 g/mol. The van der Waals surface area contributed by atoms with Crippen molar-refractivity contribution < 1.29 is 5.11 Å². The van der Waals surface area contributed by atoms with E-state index in [9.17, 15) is 5.11 Å². The number of aryl methyl sites for hydroxylation is 1. The van der Waals surface area contributed by atoms with E-state index in [1.165, 1.54) is 0 Å². The van der Waals surface area contributed by atoms with Crippen LogP contribution in [0, 0.1) is 5.92 Å². The van der Waals surface area contributed by atoms with Crippen molar-refractivity contribution in [1.82, 2.24) is 9.78 Å². The van der Waals surface area contributed by atoms with Gasteiger partial charge in [-0.05, 0) is 32.1 Å². The van der Waals surface area contributed by atoms with Crippen LogP contribution in [-0.4, -0.2) is 14.9 Å². The Hall–Kier alpha value is -1.09. The third-order valence-corrected chi connectivity index (χ3v) is 3.07. The molecule has 15 heavy (non-hydrogen) atoms. The highest BCUT2D eigenvalue weighted by molar-refractivity contribution is 5.10. The van der Waals surface area contributed by atoms with E-state index in [-0.39, 0.29) is 6.10 Å². The molecular formula is C12H18N2O. The topological polar surface area (TPSA) is 38.0 Å². The average Bonchev–Trinajstić information content (AvgIpc) is 2.78. The van der Waals surface area contributed by atoms with Crippen LogP contribution in [0.1, 0.15) is 37.9 Å². The van der Waals surface area contributed by atoms with Crippen molar-refractivity contribution in [1.29, 1.82) is 0 Å². The Labute approximate surface area is 90.4 Å². The molecule has 1 N–H and O–H groups in total. The number of aliphatic hydroxyl groups excluding tert-OH is 1. The second-order valence-electron chi connectivity index (χ2n) is 4.12. The van der Waals surface area contributed by atoms with Crippen LogP contribution >= 0.6 is 0 Å². The van der Waals surface area contributed by atoms with Crippen molar-refractivity contribution in [3.8, 4) is 0 Å². The quantitative estimate of drug-likeness (QED) is 0.770. The third kappa shape index (κ3) is 2.29. The molecule has 0 fully saturated rings. The second-order valence-corrected chi connectivity index (χ2v) is 4.12. The van der Waals surface area contributed by atoms with Crippen LogP contribution in [0.5, 0.6) is 0 Å². The van der Waals surface area contributed by atoms with Crippen LogP contribution in [0.2, 0.25) is 0 Å². The van der Waals surface area contributed by atoms with E-state index in [2.05, 4.69) is 17.3 Å². The molecule has 0 aliphatic heterocycles. The van der Waals surface area contributed by atoms with Gasteiger partial charge in [-0.25, -0.2) is 0 Å². The van der Waals surface area contributed by atoms with Gasteiger partial charge in [0.1, 0.15) is 0 Å². The van der Waals surface area contributed by atoms with Crippen LogP contribution in [0.25, 0.3) is 0 Å². The lowest BCUT2D eigenvalue weighted by Crippen LogP contribution is -2.13. The van der Waals surface area contributed by atoms with E-state index in [0.717, 1.165) is 31.4 Å². The Kier molecular flexibility index (Phi) is 3.21. The zero-order valence-corrected chi connectivity index (χ0v) is 9.13. The molecule has 0 aromatic carbocycles. The Balaban J connectivity index is 2.05. The predicted molar refractivity (Wildman–Crippen MR) is 59.3 cm³/mol. The Bertz CT molecular complexity index is 343. The maximum Gasteiger partial charge on any atom is 0.0851 e. The summed E-state index contributed by atoms with van der Waals surface area (Å²) in [5, 5.41) is 14.4. The van der Waals surface area contributed by atoms with Gasteiger partial charge in [0.15, 0.2) is 0 Å². The highest BCUT2D eigenvalue weighted by Crippen LogP contribution is 2.31. The summed E-state index contributed by atoms with van der Waals surface area (Å²) >= 11 is 0. The average molecular weight is 206 g/mol. The van der Waals surface area contributed by atoms with Crippen molar-refractivity contribution in [2.24, 2.45) is 5.92 Å². The number of hydrogen-bond acceptors (Lipinski definition) is 2. The molecule has 0 radical (unpaired) electrons. The molecule has 2 atom stereocenters. The molecule has 82 valence electrons. The van der Waals surface area contributed by atoms with E-state index in [0.29, 0.717) is 5.92 Å². The summed E-state index contributed by atoms with van der Waals surface area (Å²) in [4.78, 5) is 0. The summed E-state index contributed by atoms with van der Waals surface area (Å²) in [6.07, 6.45) is 10.9. The van der Waals surface area contributed by atoms with Gasteiger partial charge in [0.25, 0.3) is 0 Å². The number of nitrogens with zero attached hydrogens (tertiary/aromatic N) is 2. The molecule has 1 aliphatic carbocycles. The minimum absolute atomic E-state index is 0.352. The third-order valence-electron chi connectivity index (χ3n) is 3.07. The molecule has 1 aromatic rings. The predicted octanol–water partition coefficient (Wildman–Crippen LogP) is 2.29. The van der Waals surface area contributed by atoms with Crippen LogP contribution in [0.15, 0.2) is 24.5 Å². The first-order valence-electron chi connectivity index (χ1n) is 5.66. The SMILES string of the molecule is CCn1cc(C(O)C2CC=CCC2)cn1. The van der Waals surface area contributed by atoms with Gasteiger partial charge in [0.2, 0.25) is 0 Å². The van der Waals surface area contributed by atoms with E-state index in [4.69, 9.17) is 0 Å². The Morgan fingerprint density at radius 1 is 1.60 bits per heavy atom. The van der Waals surface area contributed by atoms with Gasteiger partial charge in [-0.15, -0.1) is 0 Å². The summed E-state index contributed by atoms with van der Waals surface area (Å²) in [6, 6.07) is 0. The van der Waals surface area contributed by atoms with Gasteiger partial charge in [0.05, 0.1) is 12.3 Å². The smallest absolute Gasteiger partial charge is 0.0851 e. The zero-order chi connectivity index (χ0) is 10.7. The molecule has 1 aliphatic rings. The Morgan fingerprint density at radius 3 is 3.07 bits per heavy atom. The minimum atomic E-state index is -0.352. The molecule has 2 unspecified atom stereocenters. The fourth-order valence-corrected chi connectivity index (χ4v) is 2.08. The van der Waals surface area contributed by atoms with E-state index >= 15 is 0 Å². The molecule has 0 bridgehead atoms. The van der Waals surface area contributed by atoms with Gasteiger partial charge in [-0.2, -0.15) is 5.10 Å². The molecule has 2 rings (SSSR count). The van der Waals surface area contributed by atoms with Crippen molar-refractivity contribution in [3.63, 3.8) is 0 Å². The molecule has 3 nitrogen and oxygen atoms in total. The zero-order valence-electron chi connectivity index (χ0n) is 9.13. The molecule has 1 aromatic heterocycles. The van der Waals surface area contributed by atoms with E-state index < -0.39 is 0 Å². The Morgan fingerprint density at radius 2 is 2.47 bits per heavy atom. The van der Waals surface area contributed by atoms with Crippen LogP contribution < -0.4 is 0 Å². The lowest BCUT2D eigenvalue weighted by Gasteiger charge is -2.22. The lowest BCUT2D eigenvalue weighted by atomic mass is 9.87. The van der Waals surface area contributed by atoms with Gasteiger partial charge in [-0.1, -0.05) is 12.2 Å². The maximum atomic E-state index is 10.2. The first-order chi connectivity index (χ1) is 7.31. The summed E-state index contributed by atoms with van der Waals surface area (Å²) < 4.78 is 1.86. The molecule has 0 saturated carbocycles. The molecule has 1 heterocycles. The number of aliphatic hydroxyl groups is 1. The molecular weight excluding hydrogens is 188 g/mol. The fourth-order valence-electron chi connectivity index (χ4n) is 2.08. The van der Waals surface area contributed by atoms with Crippen LogP contribution in [0.3, 0.4) is 0 Å². The second kappa shape index (κ2) is 4.62. The molecule has 0 spiro atoms. The summed E-state index contributed by atoms with van der Waals surface area (Å²) in [5.74, 6) is 0.365. The first-order valence-corrected chi connectivity index (χ1v) is 5.66. The molecule has 0 amide bonds.